The van der Waals surface area contributed by atoms with E-state index in [-0.39, 0.29) is 5.56 Å². The normalized spacial score (nSPS) is 10.8. The van der Waals surface area contributed by atoms with Crippen molar-refractivity contribution in [3.8, 4) is 22.5 Å². The van der Waals surface area contributed by atoms with Crippen LogP contribution in [0.1, 0.15) is 21.5 Å². The quantitative estimate of drug-likeness (QED) is 0.243. The number of ether oxygens (including phenoxy) is 1. The van der Waals surface area contributed by atoms with Gasteiger partial charge in [0.25, 0.3) is 5.91 Å². The molecule has 0 bridgehead atoms. The molecule has 1 heterocycles. The molecule has 0 radical (unpaired) electrons. The minimum Gasteiger partial charge on any atom is -0.452 e. The highest BCUT2D eigenvalue weighted by Gasteiger charge is 2.16. The summed E-state index contributed by atoms with van der Waals surface area (Å²) in [5, 5.41) is 3.03. The van der Waals surface area contributed by atoms with Gasteiger partial charge < -0.3 is 10.1 Å². The summed E-state index contributed by atoms with van der Waals surface area (Å²) in [6.07, 6.45) is 0. The predicted octanol–water partition coefficient (Wildman–Crippen LogP) is 7.03. The zero-order valence-corrected chi connectivity index (χ0v) is 21.6. The zero-order chi connectivity index (χ0) is 26.6. The Labute approximate surface area is 225 Å². The molecular formula is C31H24ClN3O3. The fourth-order valence-electron chi connectivity index (χ4n) is 3.97. The highest BCUT2D eigenvalue weighted by molar-refractivity contribution is 6.33. The number of benzene rings is 4. The summed E-state index contributed by atoms with van der Waals surface area (Å²) in [7, 11) is 0. The second kappa shape index (κ2) is 10.8. The maximum Gasteiger partial charge on any atom is 0.338 e. The van der Waals surface area contributed by atoms with Crippen LogP contribution in [0.3, 0.4) is 0 Å². The first kappa shape index (κ1) is 25.1. The maximum atomic E-state index is 12.7. The van der Waals surface area contributed by atoms with E-state index in [1.165, 1.54) is 0 Å². The number of rotatable bonds is 6. The number of anilines is 1. The number of aromatic nitrogens is 2. The smallest absolute Gasteiger partial charge is 0.338 e. The average molecular weight is 522 g/mol. The van der Waals surface area contributed by atoms with Gasteiger partial charge in [0.15, 0.2) is 6.61 Å². The Morgan fingerprint density at radius 1 is 0.763 bits per heavy atom. The number of nitrogens with zero attached hydrogens (tertiary/aromatic N) is 2. The van der Waals surface area contributed by atoms with E-state index in [1.54, 1.807) is 42.5 Å². The summed E-state index contributed by atoms with van der Waals surface area (Å²) >= 11 is 6.07. The molecule has 5 aromatic rings. The van der Waals surface area contributed by atoms with Crippen LogP contribution >= 0.6 is 11.6 Å². The lowest BCUT2D eigenvalue weighted by molar-refractivity contribution is -0.119. The van der Waals surface area contributed by atoms with Gasteiger partial charge in [0.05, 0.1) is 38.7 Å². The number of halogens is 1. The SMILES string of the molecule is Cc1ccc(-c2nc3ccc(C(=O)OCC(=O)Nc4ccccc4Cl)cc3nc2-c2ccc(C)cc2)cc1. The third-order valence-electron chi connectivity index (χ3n) is 6.03. The number of aryl methyl sites for hydroxylation is 2. The monoisotopic (exact) mass is 521 g/mol. The maximum absolute atomic E-state index is 12.7. The Hall–Kier alpha value is -4.55. The molecule has 0 spiro atoms. The van der Waals surface area contributed by atoms with Gasteiger partial charge in [-0.05, 0) is 44.2 Å². The van der Waals surface area contributed by atoms with E-state index < -0.39 is 18.5 Å². The minimum absolute atomic E-state index is 0.273. The van der Waals surface area contributed by atoms with Crippen molar-refractivity contribution in [3.63, 3.8) is 0 Å². The molecule has 0 saturated carbocycles. The van der Waals surface area contributed by atoms with E-state index in [9.17, 15) is 9.59 Å². The van der Waals surface area contributed by atoms with E-state index in [1.807, 2.05) is 62.4 Å². The number of fused-ring (bicyclic) bond motifs is 1. The lowest BCUT2D eigenvalue weighted by Crippen LogP contribution is -2.21. The first-order chi connectivity index (χ1) is 18.4. The van der Waals surface area contributed by atoms with Crippen LogP contribution in [0.15, 0.2) is 91.0 Å². The predicted molar refractivity (Wildman–Crippen MR) is 150 cm³/mol. The molecule has 0 saturated heterocycles. The molecule has 0 aliphatic rings. The number of para-hydroxylation sites is 1. The largest absolute Gasteiger partial charge is 0.452 e. The lowest BCUT2D eigenvalue weighted by atomic mass is 10.0. The number of hydrogen-bond acceptors (Lipinski definition) is 5. The van der Waals surface area contributed by atoms with E-state index in [4.69, 9.17) is 26.3 Å². The van der Waals surface area contributed by atoms with Crippen LogP contribution in [0, 0.1) is 13.8 Å². The van der Waals surface area contributed by atoms with Crippen molar-refractivity contribution in [2.24, 2.45) is 0 Å². The summed E-state index contributed by atoms with van der Waals surface area (Å²) in [4.78, 5) is 34.8. The average Bonchev–Trinajstić information content (AvgIpc) is 2.93. The molecule has 1 N–H and O–H groups in total. The molecule has 1 aromatic heterocycles. The first-order valence-electron chi connectivity index (χ1n) is 12.0. The fourth-order valence-corrected chi connectivity index (χ4v) is 4.15. The number of carbonyl (C=O) groups excluding carboxylic acids is 2. The molecule has 5 rings (SSSR count). The molecule has 0 unspecified atom stereocenters. The fraction of sp³-hybridized carbons (Fsp3) is 0.0968. The van der Waals surface area contributed by atoms with Crippen LogP contribution in [-0.2, 0) is 9.53 Å². The van der Waals surface area contributed by atoms with Crippen LogP contribution in [-0.4, -0.2) is 28.5 Å². The van der Waals surface area contributed by atoms with Crippen molar-refractivity contribution < 1.29 is 14.3 Å². The van der Waals surface area contributed by atoms with E-state index in [0.717, 1.165) is 27.9 Å². The van der Waals surface area contributed by atoms with Crippen molar-refractivity contribution in [2.75, 3.05) is 11.9 Å². The molecule has 6 nitrogen and oxygen atoms in total. The molecule has 1 amide bonds. The number of esters is 1. The Morgan fingerprint density at radius 3 is 1.95 bits per heavy atom. The molecule has 4 aromatic carbocycles. The first-order valence-corrected chi connectivity index (χ1v) is 12.4. The summed E-state index contributed by atoms with van der Waals surface area (Å²) in [6.45, 7) is 3.62. The highest BCUT2D eigenvalue weighted by atomic mass is 35.5. The Morgan fingerprint density at radius 2 is 1.34 bits per heavy atom. The topological polar surface area (TPSA) is 81.2 Å². The molecule has 0 aliphatic carbocycles. The van der Waals surface area contributed by atoms with Gasteiger partial charge in [-0.25, -0.2) is 14.8 Å². The zero-order valence-electron chi connectivity index (χ0n) is 20.9. The van der Waals surface area contributed by atoms with Crippen molar-refractivity contribution in [1.82, 2.24) is 9.97 Å². The summed E-state index contributed by atoms with van der Waals surface area (Å²) in [5.41, 5.74) is 7.55. The van der Waals surface area contributed by atoms with Gasteiger partial charge in [0, 0.05) is 11.1 Å². The third-order valence-corrected chi connectivity index (χ3v) is 6.36. The standard InChI is InChI=1S/C31H24ClN3O3/c1-19-7-11-21(12-8-19)29-30(22-13-9-20(2)10-14-22)35-27-17-23(15-16-26(27)34-29)31(37)38-18-28(36)33-25-6-4-3-5-24(25)32/h3-17H,18H2,1-2H3,(H,33,36). The summed E-state index contributed by atoms with van der Waals surface area (Å²) in [6, 6.07) is 28.1. The molecule has 188 valence electrons. The van der Waals surface area contributed by atoms with Crippen LogP contribution in [0.25, 0.3) is 33.5 Å². The van der Waals surface area contributed by atoms with Gasteiger partial charge in [0.1, 0.15) is 0 Å². The van der Waals surface area contributed by atoms with Gasteiger partial charge in [0.2, 0.25) is 0 Å². The van der Waals surface area contributed by atoms with Gasteiger partial charge in [-0.1, -0.05) is 83.4 Å². The van der Waals surface area contributed by atoms with Crippen LogP contribution in [0.5, 0.6) is 0 Å². The van der Waals surface area contributed by atoms with Crippen LogP contribution < -0.4 is 5.32 Å². The van der Waals surface area contributed by atoms with Crippen molar-refractivity contribution in [2.45, 2.75) is 13.8 Å². The third kappa shape index (κ3) is 5.56. The molecule has 0 fully saturated rings. The van der Waals surface area contributed by atoms with Gasteiger partial charge in [-0.2, -0.15) is 0 Å². The second-order valence-electron chi connectivity index (χ2n) is 8.96. The molecule has 7 heteroatoms. The summed E-state index contributed by atoms with van der Waals surface area (Å²) in [5.74, 6) is -1.13. The van der Waals surface area contributed by atoms with Crippen LogP contribution in [0.2, 0.25) is 5.02 Å². The number of hydrogen-bond donors (Lipinski definition) is 1. The molecule has 0 aliphatic heterocycles. The number of amides is 1. The number of carbonyl (C=O) groups is 2. The van der Waals surface area contributed by atoms with Crippen molar-refractivity contribution >= 4 is 40.2 Å². The Balaban J connectivity index is 1.43. The van der Waals surface area contributed by atoms with Crippen LogP contribution in [0.4, 0.5) is 5.69 Å². The lowest BCUT2D eigenvalue weighted by Gasteiger charge is -2.12. The minimum atomic E-state index is -0.637. The second-order valence-corrected chi connectivity index (χ2v) is 9.37. The molecule has 0 atom stereocenters. The van der Waals surface area contributed by atoms with E-state index in [2.05, 4.69) is 5.32 Å². The highest BCUT2D eigenvalue weighted by Crippen LogP contribution is 2.31. The van der Waals surface area contributed by atoms with Gasteiger partial charge >= 0.3 is 5.97 Å². The van der Waals surface area contributed by atoms with Gasteiger partial charge in [-0.15, -0.1) is 0 Å². The molecular weight excluding hydrogens is 498 g/mol. The molecule has 38 heavy (non-hydrogen) atoms. The van der Waals surface area contributed by atoms with E-state index in [0.29, 0.717) is 27.4 Å². The Kier molecular flexibility index (Phi) is 7.15. The van der Waals surface area contributed by atoms with Crippen molar-refractivity contribution in [1.29, 1.82) is 0 Å². The van der Waals surface area contributed by atoms with Crippen molar-refractivity contribution in [3.05, 3.63) is 113 Å². The van der Waals surface area contributed by atoms with Gasteiger partial charge in [-0.3, -0.25) is 4.79 Å². The van der Waals surface area contributed by atoms with E-state index >= 15 is 0 Å². The summed E-state index contributed by atoms with van der Waals surface area (Å²) < 4.78 is 5.24. The Bertz CT molecular complexity index is 1650. The number of nitrogens with one attached hydrogen (secondary N) is 1.